The summed E-state index contributed by atoms with van der Waals surface area (Å²) in [6.07, 6.45) is 1.58. The van der Waals surface area contributed by atoms with Crippen LogP contribution in [0.2, 0.25) is 0 Å². The molecule has 1 unspecified atom stereocenters. The third kappa shape index (κ3) is 1.85. The topological polar surface area (TPSA) is 53.6 Å². The molecule has 0 aromatic carbocycles. The van der Waals surface area contributed by atoms with Gasteiger partial charge in [0.1, 0.15) is 0 Å². The van der Waals surface area contributed by atoms with Crippen molar-refractivity contribution in [2.75, 3.05) is 24.6 Å². The lowest BCUT2D eigenvalue weighted by Crippen LogP contribution is -2.42. The number of hydrogen-bond donors (Lipinski definition) is 0. The summed E-state index contributed by atoms with van der Waals surface area (Å²) in [5, 5.41) is 10.9. The summed E-state index contributed by atoms with van der Waals surface area (Å²) in [5.41, 5.74) is 0.978. The molecule has 3 heterocycles. The van der Waals surface area contributed by atoms with E-state index < -0.39 is 0 Å². The third-order valence-electron chi connectivity index (χ3n) is 2.98. The first-order valence-electron chi connectivity index (χ1n) is 5.60. The van der Waals surface area contributed by atoms with E-state index in [9.17, 15) is 0 Å². The molecule has 0 spiro atoms. The number of hydrogen-bond acceptors (Lipinski definition) is 5. The van der Waals surface area contributed by atoms with E-state index in [0.29, 0.717) is 19.0 Å². The number of ether oxygens (including phenoxy) is 1. The van der Waals surface area contributed by atoms with E-state index in [1.165, 1.54) is 0 Å². The van der Waals surface area contributed by atoms with Crippen LogP contribution in [0.3, 0.4) is 0 Å². The Balaban J connectivity index is 1.98. The minimum Gasteiger partial charge on any atom is -0.360 e. The van der Waals surface area contributed by atoms with Gasteiger partial charge in [0.15, 0.2) is 16.9 Å². The molecule has 5 nitrogen and oxygen atoms in total. The van der Waals surface area contributed by atoms with Gasteiger partial charge in [-0.3, -0.25) is 4.40 Å². The molecule has 1 saturated heterocycles. The predicted molar refractivity (Wildman–Crippen MR) is 70.2 cm³/mol. The molecule has 0 bridgehead atoms. The van der Waals surface area contributed by atoms with E-state index in [4.69, 9.17) is 21.6 Å². The molecular formula is C11H11ClN4OS. The summed E-state index contributed by atoms with van der Waals surface area (Å²) in [7, 11) is 0. The van der Waals surface area contributed by atoms with Gasteiger partial charge < -0.3 is 9.64 Å². The summed E-state index contributed by atoms with van der Waals surface area (Å²) in [6.45, 7) is 1.84. The van der Waals surface area contributed by atoms with Crippen LogP contribution in [0.25, 0.3) is 4.96 Å². The van der Waals surface area contributed by atoms with Crippen LogP contribution in [0.15, 0.2) is 11.6 Å². The zero-order valence-electron chi connectivity index (χ0n) is 9.54. The van der Waals surface area contributed by atoms with Gasteiger partial charge in [0.25, 0.3) is 0 Å². The standard InChI is InChI=1S/C11H11ClN4OS/c12-5-9-10(14-11-16(9)2-4-18-11)15-1-3-17-8(6-13)7-15/h2,4,8H,1,3,5,7H2. The van der Waals surface area contributed by atoms with Crippen molar-refractivity contribution in [1.29, 1.82) is 5.26 Å². The average molecular weight is 283 g/mol. The first-order chi connectivity index (χ1) is 8.83. The molecular weight excluding hydrogens is 272 g/mol. The van der Waals surface area contributed by atoms with E-state index in [0.717, 1.165) is 23.0 Å². The fraction of sp³-hybridized carbons (Fsp3) is 0.455. The molecule has 1 atom stereocenters. The predicted octanol–water partition coefficient (Wildman–Crippen LogP) is 1.86. The lowest BCUT2D eigenvalue weighted by atomic mass is 10.3. The highest BCUT2D eigenvalue weighted by Gasteiger charge is 2.25. The van der Waals surface area contributed by atoms with Crippen molar-refractivity contribution in [3.63, 3.8) is 0 Å². The molecule has 1 aliphatic heterocycles. The molecule has 1 fully saturated rings. The SMILES string of the molecule is N#CC1CN(c2nc3sccn3c2CCl)CCO1. The van der Waals surface area contributed by atoms with Gasteiger partial charge in [-0.1, -0.05) is 0 Å². The number of nitriles is 1. The Labute approximate surface area is 113 Å². The molecule has 7 heteroatoms. The van der Waals surface area contributed by atoms with Crippen molar-refractivity contribution in [3.8, 4) is 6.07 Å². The molecule has 2 aromatic rings. The number of thiazole rings is 1. The van der Waals surface area contributed by atoms with Gasteiger partial charge in [0.2, 0.25) is 0 Å². The molecule has 0 amide bonds. The van der Waals surface area contributed by atoms with E-state index in [1.54, 1.807) is 11.3 Å². The molecule has 0 N–H and O–H groups in total. The fourth-order valence-corrected chi connectivity index (χ4v) is 3.09. The van der Waals surface area contributed by atoms with Gasteiger partial charge in [0.05, 0.1) is 30.8 Å². The summed E-state index contributed by atoms with van der Waals surface area (Å²) < 4.78 is 7.34. The van der Waals surface area contributed by atoms with Crippen molar-refractivity contribution in [2.24, 2.45) is 0 Å². The summed E-state index contributed by atoms with van der Waals surface area (Å²) in [4.78, 5) is 7.60. The van der Waals surface area contributed by atoms with Crippen LogP contribution >= 0.6 is 22.9 Å². The minimum absolute atomic E-state index is 0.387. The van der Waals surface area contributed by atoms with Gasteiger partial charge in [-0.25, -0.2) is 4.98 Å². The Morgan fingerprint density at radius 3 is 3.33 bits per heavy atom. The average Bonchev–Trinajstić information content (AvgIpc) is 2.98. The van der Waals surface area contributed by atoms with Gasteiger partial charge in [-0.05, 0) is 0 Å². The maximum Gasteiger partial charge on any atom is 0.195 e. The highest BCUT2D eigenvalue weighted by atomic mass is 35.5. The Bertz CT molecular complexity index is 602. The van der Waals surface area contributed by atoms with Gasteiger partial charge in [-0.15, -0.1) is 22.9 Å². The van der Waals surface area contributed by atoms with Crippen LogP contribution in [-0.4, -0.2) is 35.2 Å². The van der Waals surface area contributed by atoms with Crippen LogP contribution < -0.4 is 4.90 Å². The smallest absolute Gasteiger partial charge is 0.195 e. The quantitative estimate of drug-likeness (QED) is 0.789. The first-order valence-corrected chi connectivity index (χ1v) is 7.01. The number of alkyl halides is 1. The Morgan fingerprint density at radius 1 is 1.67 bits per heavy atom. The molecule has 3 rings (SSSR count). The molecule has 1 aliphatic rings. The van der Waals surface area contributed by atoms with Crippen molar-refractivity contribution < 1.29 is 4.74 Å². The lowest BCUT2D eigenvalue weighted by molar-refractivity contribution is 0.0761. The second-order valence-electron chi connectivity index (χ2n) is 4.01. The summed E-state index contributed by atoms with van der Waals surface area (Å²) in [5.74, 6) is 1.28. The zero-order valence-corrected chi connectivity index (χ0v) is 11.1. The number of aromatic nitrogens is 2. The Kier molecular flexibility index (Phi) is 3.12. The number of anilines is 1. The second kappa shape index (κ2) is 4.76. The Hall–Kier alpha value is -1.29. The molecule has 0 aliphatic carbocycles. The monoisotopic (exact) mass is 282 g/mol. The van der Waals surface area contributed by atoms with Crippen LogP contribution in [0, 0.1) is 11.3 Å². The summed E-state index contributed by atoms with van der Waals surface area (Å²) in [6, 6.07) is 2.14. The maximum atomic E-state index is 8.93. The van der Waals surface area contributed by atoms with Crippen molar-refractivity contribution >= 4 is 33.7 Å². The van der Waals surface area contributed by atoms with Gasteiger partial charge in [0, 0.05) is 18.1 Å². The number of rotatable bonds is 2. The number of imidazole rings is 1. The van der Waals surface area contributed by atoms with E-state index in [1.807, 2.05) is 16.0 Å². The number of fused-ring (bicyclic) bond motifs is 1. The maximum absolute atomic E-state index is 8.93. The number of halogens is 1. The van der Waals surface area contributed by atoms with E-state index >= 15 is 0 Å². The van der Waals surface area contributed by atoms with Crippen molar-refractivity contribution in [1.82, 2.24) is 9.38 Å². The molecule has 2 aromatic heterocycles. The summed E-state index contributed by atoms with van der Waals surface area (Å²) >= 11 is 7.60. The normalized spacial score (nSPS) is 20.2. The molecule has 0 saturated carbocycles. The lowest BCUT2D eigenvalue weighted by Gasteiger charge is -2.30. The highest BCUT2D eigenvalue weighted by molar-refractivity contribution is 7.15. The molecule has 18 heavy (non-hydrogen) atoms. The highest BCUT2D eigenvalue weighted by Crippen LogP contribution is 2.27. The minimum atomic E-state index is -0.387. The van der Waals surface area contributed by atoms with Crippen molar-refractivity contribution in [2.45, 2.75) is 12.0 Å². The van der Waals surface area contributed by atoms with E-state index in [2.05, 4.69) is 16.0 Å². The molecule has 94 valence electrons. The van der Waals surface area contributed by atoms with Crippen molar-refractivity contribution in [3.05, 3.63) is 17.3 Å². The Morgan fingerprint density at radius 2 is 2.56 bits per heavy atom. The third-order valence-corrected chi connectivity index (χ3v) is 3.99. The largest absolute Gasteiger partial charge is 0.360 e. The van der Waals surface area contributed by atoms with Gasteiger partial charge in [-0.2, -0.15) is 5.26 Å². The van der Waals surface area contributed by atoms with E-state index in [-0.39, 0.29) is 6.10 Å². The van der Waals surface area contributed by atoms with Gasteiger partial charge >= 0.3 is 0 Å². The van der Waals surface area contributed by atoms with Crippen LogP contribution in [-0.2, 0) is 10.6 Å². The van der Waals surface area contributed by atoms with Crippen LogP contribution in [0.1, 0.15) is 5.69 Å². The van der Waals surface area contributed by atoms with Crippen LogP contribution in [0.5, 0.6) is 0 Å². The fourth-order valence-electron chi connectivity index (χ4n) is 2.12. The number of nitrogens with zero attached hydrogens (tertiary/aromatic N) is 4. The number of morpholine rings is 1. The second-order valence-corrected chi connectivity index (χ2v) is 5.15. The van der Waals surface area contributed by atoms with Crippen LogP contribution in [0.4, 0.5) is 5.82 Å². The first kappa shape index (κ1) is 11.8. The zero-order chi connectivity index (χ0) is 12.5. The molecule has 0 radical (unpaired) electrons.